The molecule has 0 spiro atoms. The van der Waals surface area contributed by atoms with Gasteiger partial charge in [0.15, 0.2) is 9.84 Å². The molecule has 21 heavy (non-hydrogen) atoms. The van der Waals surface area contributed by atoms with E-state index in [0.29, 0.717) is 4.90 Å². The predicted octanol–water partition coefficient (Wildman–Crippen LogP) is 3.51. The Morgan fingerprint density at radius 3 is 2.33 bits per heavy atom. The number of aryl methyl sites for hydroxylation is 1. The van der Waals surface area contributed by atoms with Crippen molar-refractivity contribution >= 4 is 22.1 Å². The second-order valence-electron chi connectivity index (χ2n) is 4.66. The Bertz CT molecular complexity index is 730. The van der Waals surface area contributed by atoms with Crippen molar-refractivity contribution in [3.05, 3.63) is 71.8 Å². The first kappa shape index (κ1) is 15.2. The number of hydrogen-bond donors (Lipinski definition) is 0. The monoisotopic (exact) mass is 299 g/mol. The number of aliphatic imine (C=N–C) groups is 1. The van der Waals surface area contributed by atoms with E-state index in [0.717, 1.165) is 11.1 Å². The van der Waals surface area contributed by atoms with Gasteiger partial charge < -0.3 is 0 Å². The van der Waals surface area contributed by atoms with Gasteiger partial charge in [0.2, 0.25) is 0 Å². The Labute approximate surface area is 125 Å². The molecule has 0 aromatic heterocycles. The SMILES string of the molecule is Cc1ccc(S(=O)(=O)CN=C/C=C/c2ccccc2)cc1. The van der Waals surface area contributed by atoms with Gasteiger partial charge in [0.1, 0.15) is 5.88 Å². The summed E-state index contributed by atoms with van der Waals surface area (Å²) < 4.78 is 24.1. The third-order valence-electron chi connectivity index (χ3n) is 2.90. The Balaban J connectivity index is 1.97. The third-order valence-corrected chi connectivity index (χ3v) is 4.38. The first-order valence-corrected chi connectivity index (χ1v) is 8.24. The van der Waals surface area contributed by atoms with Gasteiger partial charge in [-0.05, 0) is 30.7 Å². The lowest BCUT2D eigenvalue weighted by molar-refractivity contribution is 0.596. The molecule has 3 nitrogen and oxygen atoms in total. The highest BCUT2D eigenvalue weighted by atomic mass is 32.2. The largest absolute Gasteiger partial charge is 0.277 e. The Morgan fingerprint density at radius 1 is 1.00 bits per heavy atom. The van der Waals surface area contributed by atoms with Gasteiger partial charge in [0.05, 0.1) is 4.90 Å². The zero-order valence-electron chi connectivity index (χ0n) is 11.8. The predicted molar refractivity (Wildman–Crippen MR) is 87.2 cm³/mol. The van der Waals surface area contributed by atoms with E-state index in [1.807, 2.05) is 43.3 Å². The van der Waals surface area contributed by atoms with Crippen molar-refractivity contribution in [1.82, 2.24) is 0 Å². The van der Waals surface area contributed by atoms with Crippen molar-refractivity contribution in [3.63, 3.8) is 0 Å². The summed E-state index contributed by atoms with van der Waals surface area (Å²) in [5.74, 6) is -0.241. The summed E-state index contributed by atoms with van der Waals surface area (Å²) in [6, 6.07) is 16.6. The number of benzene rings is 2. The minimum Gasteiger partial charge on any atom is -0.277 e. The maximum Gasteiger partial charge on any atom is 0.198 e. The van der Waals surface area contributed by atoms with E-state index in [1.54, 1.807) is 30.3 Å². The lowest BCUT2D eigenvalue weighted by Crippen LogP contribution is -2.04. The summed E-state index contributed by atoms with van der Waals surface area (Å²) in [5.41, 5.74) is 2.08. The highest BCUT2D eigenvalue weighted by molar-refractivity contribution is 7.91. The molecule has 0 amide bonds. The summed E-state index contributed by atoms with van der Waals surface area (Å²) in [6.45, 7) is 1.92. The molecular weight excluding hydrogens is 282 g/mol. The number of nitrogens with zero attached hydrogens (tertiary/aromatic N) is 1. The Hall–Kier alpha value is -2.20. The second-order valence-corrected chi connectivity index (χ2v) is 6.62. The quantitative estimate of drug-likeness (QED) is 0.793. The summed E-state index contributed by atoms with van der Waals surface area (Å²) in [7, 11) is -3.35. The highest BCUT2D eigenvalue weighted by Gasteiger charge is 2.12. The molecule has 0 aliphatic heterocycles. The van der Waals surface area contributed by atoms with E-state index in [-0.39, 0.29) is 5.88 Å². The number of hydrogen-bond acceptors (Lipinski definition) is 3. The van der Waals surface area contributed by atoms with E-state index in [4.69, 9.17) is 0 Å². The highest BCUT2D eigenvalue weighted by Crippen LogP contribution is 2.12. The Morgan fingerprint density at radius 2 is 1.67 bits per heavy atom. The molecule has 0 atom stereocenters. The molecule has 0 aliphatic carbocycles. The molecule has 0 unspecified atom stereocenters. The zero-order chi connectivity index (χ0) is 15.1. The molecule has 0 N–H and O–H groups in total. The summed E-state index contributed by atoms with van der Waals surface area (Å²) in [5, 5.41) is 0. The number of allylic oxidation sites excluding steroid dienone is 1. The van der Waals surface area contributed by atoms with E-state index in [1.165, 1.54) is 6.21 Å². The van der Waals surface area contributed by atoms with Crippen LogP contribution < -0.4 is 0 Å². The van der Waals surface area contributed by atoms with E-state index >= 15 is 0 Å². The maximum absolute atomic E-state index is 12.0. The van der Waals surface area contributed by atoms with Crippen LogP contribution in [0.5, 0.6) is 0 Å². The maximum atomic E-state index is 12.0. The van der Waals surface area contributed by atoms with Crippen molar-refractivity contribution < 1.29 is 8.42 Å². The van der Waals surface area contributed by atoms with Gasteiger partial charge in [-0.15, -0.1) is 0 Å². The molecule has 0 saturated carbocycles. The van der Waals surface area contributed by atoms with E-state index < -0.39 is 9.84 Å². The fourth-order valence-corrected chi connectivity index (χ4v) is 2.72. The summed E-state index contributed by atoms with van der Waals surface area (Å²) in [4.78, 5) is 4.26. The van der Waals surface area contributed by atoms with Crippen LogP contribution in [0, 0.1) is 6.92 Å². The number of sulfone groups is 1. The molecule has 0 radical (unpaired) electrons. The van der Waals surface area contributed by atoms with E-state index in [9.17, 15) is 8.42 Å². The molecule has 108 valence electrons. The molecular formula is C17H17NO2S. The van der Waals surface area contributed by atoms with Gasteiger partial charge in [-0.1, -0.05) is 54.1 Å². The van der Waals surface area contributed by atoms with E-state index in [2.05, 4.69) is 4.99 Å². The number of rotatable bonds is 5. The van der Waals surface area contributed by atoms with Crippen LogP contribution in [0.25, 0.3) is 6.08 Å². The summed E-state index contributed by atoms with van der Waals surface area (Å²) >= 11 is 0. The normalized spacial score (nSPS) is 12.2. The van der Waals surface area contributed by atoms with Crippen molar-refractivity contribution in [2.45, 2.75) is 11.8 Å². The second kappa shape index (κ2) is 6.99. The Kier molecular flexibility index (Phi) is 5.06. The van der Waals surface area contributed by atoms with Crippen molar-refractivity contribution in [1.29, 1.82) is 0 Å². The minimum atomic E-state index is -3.35. The lowest BCUT2D eigenvalue weighted by Gasteiger charge is -2.01. The smallest absolute Gasteiger partial charge is 0.198 e. The zero-order valence-corrected chi connectivity index (χ0v) is 12.6. The summed E-state index contributed by atoms with van der Waals surface area (Å²) in [6.07, 6.45) is 5.13. The molecule has 0 aliphatic rings. The van der Waals surface area contributed by atoms with Gasteiger partial charge in [-0.25, -0.2) is 8.42 Å². The van der Waals surface area contributed by atoms with Crippen molar-refractivity contribution in [2.75, 3.05) is 5.88 Å². The van der Waals surface area contributed by atoms with Crippen molar-refractivity contribution in [3.8, 4) is 0 Å². The van der Waals surface area contributed by atoms with Gasteiger partial charge >= 0.3 is 0 Å². The first-order chi connectivity index (χ1) is 10.1. The van der Waals surface area contributed by atoms with Gasteiger partial charge in [0.25, 0.3) is 0 Å². The van der Waals surface area contributed by atoms with Crippen LogP contribution in [0.4, 0.5) is 0 Å². The lowest BCUT2D eigenvalue weighted by atomic mass is 10.2. The molecule has 2 aromatic rings. The minimum absolute atomic E-state index is 0.241. The molecule has 0 fully saturated rings. The van der Waals surface area contributed by atoms with Gasteiger partial charge in [-0.2, -0.15) is 0 Å². The average molecular weight is 299 g/mol. The van der Waals surface area contributed by atoms with Crippen LogP contribution in [-0.2, 0) is 9.84 Å². The van der Waals surface area contributed by atoms with Crippen LogP contribution in [0.3, 0.4) is 0 Å². The average Bonchev–Trinajstić information content (AvgIpc) is 2.48. The van der Waals surface area contributed by atoms with Gasteiger partial charge in [-0.3, -0.25) is 4.99 Å². The molecule has 2 aromatic carbocycles. The standard InChI is InChI=1S/C17H17NO2S/c1-15-9-11-17(12-10-15)21(19,20)14-18-13-5-8-16-6-3-2-4-7-16/h2-13H,14H2,1H3/b8-5+,18-13?. The van der Waals surface area contributed by atoms with Crippen LogP contribution in [0.2, 0.25) is 0 Å². The van der Waals surface area contributed by atoms with Crippen LogP contribution >= 0.6 is 0 Å². The first-order valence-electron chi connectivity index (χ1n) is 6.59. The van der Waals surface area contributed by atoms with Crippen LogP contribution in [0.1, 0.15) is 11.1 Å². The van der Waals surface area contributed by atoms with Crippen molar-refractivity contribution in [2.24, 2.45) is 4.99 Å². The molecule has 0 bridgehead atoms. The van der Waals surface area contributed by atoms with Gasteiger partial charge in [0, 0.05) is 6.21 Å². The molecule has 0 heterocycles. The molecule has 0 saturated heterocycles. The topological polar surface area (TPSA) is 46.5 Å². The third kappa shape index (κ3) is 4.68. The fourth-order valence-electron chi connectivity index (χ4n) is 1.74. The van der Waals surface area contributed by atoms with Crippen LogP contribution in [-0.4, -0.2) is 20.5 Å². The molecule has 4 heteroatoms. The molecule has 2 rings (SSSR count). The fraction of sp³-hybridized carbons (Fsp3) is 0.118. The van der Waals surface area contributed by atoms with Crippen LogP contribution in [0.15, 0.2) is 70.6 Å².